The quantitative estimate of drug-likeness (QED) is 0.648. The third-order valence-corrected chi connectivity index (χ3v) is 4.42. The van der Waals surface area contributed by atoms with Gasteiger partial charge >= 0.3 is 0 Å². The molecule has 2 aromatic rings. The number of hydrazine groups is 1. The molecule has 0 aliphatic carbocycles. The van der Waals surface area contributed by atoms with E-state index < -0.39 is 11.8 Å². The molecule has 1 aliphatic rings. The summed E-state index contributed by atoms with van der Waals surface area (Å²) in [6, 6.07) is 9.26. The predicted octanol–water partition coefficient (Wildman–Crippen LogP) is 2.33. The number of amides is 2. The highest BCUT2D eigenvalue weighted by Gasteiger charge is 2.33. The van der Waals surface area contributed by atoms with Crippen molar-refractivity contribution in [2.24, 2.45) is 0 Å². The molecule has 1 saturated heterocycles. The molecule has 2 amide bonds. The van der Waals surface area contributed by atoms with E-state index in [1.165, 1.54) is 24.3 Å². The van der Waals surface area contributed by atoms with E-state index in [-0.39, 0.29) is 10.1 Å². The molecule has 0 unspecified atom stereocenters. The van der Waals surface area contributed by atoms with E-state index >= 15 is 0 Å². The lowest BCUT2D eigenvalue weighted by Crippen LogP contribution is -2.44. The second-order valence-electron chi connectivity index (χ2n) is 4.79. The topological polar surface area (TPSA) is 82.5 Å². The molecule has 0 radical (unpaired) electrons. The van der Waals surface area contributed by atoms with Gasteiger partial charge in [0.25, 0.3) is 11.8 Å². The van der Waals surface area contributed by atoms with Gasteiger partial charge in [0.05, 0.1) is 4.91 Å². The molecule has 3 rings (SSSR count). The Morgan fingerprint density at radius 3 is 2.71 bits per heavy atom. The Morgan fingerprint density at radius 2 is 2.04 bits per heavy atom. The van der Waals surface area contributed by atoms with E-state index in [0.29, 0.717) is 10.5 Å². The van der Waals surface area contributed by atoms with Gasteiger partial charge in [-0.15, -0.1) is 0 Å². The summed E-state index contributed by atoms with van der Waals surface area (Å²) in [5.41, 5.74) is 3.54. The first-order valence-corrected chi connectivity index (χ1v) is 8.05. The van der Waals surface area contributed by atoms with Crippen molar-refractivity contribution in [1.29, 1.82) is 0 Å². The number of nitrogens with one attached hydrogen (secondary N) is 1. The minimum Gasteiger partial charge on any atom is -0.508 e. The molecule has 8 heteroatoms. The van der Waals surface area contributed by atoms with Crippen LogP contribution in [0.5, 0.6) is 5.75 Å². The number of rotatable bonds is 3. The van der Waals surface area contributed by atoms with Gasteiger partial charge in [0, 0.05) is 18.0 Å². The Kier molecular flexibility index (Phi) is 4.59. The number of phenolic OH excluding ortho intramolecular Hbond substituents is 1. The number of hydrogen-bond donors (Lipinski definition) is 2. The first-order valence-electron chi connectivity index (χ1n) is 6.82. The second-order valence-corrected chi connectivity index (χ2v) is 6.47. The summed E-state index contributed by atoms with van der Waals surface area (Å²) in [5.74, 6) is -0.841. The van der Waals surface area contributed by atoms with Crippen molar-refractivity contribution in [3.63, 3.8) is 0 Å². The highest BCUT2D eigenvalue weighted by molar-refractivity contribution is 8.26. The van der Waals surface area contributed by atoms with Gasteiger partial charge in [0.1, 0.15) is 5.75 Å². The zero-order valence-corrected chi connectivity index (χ0v) is 13.8. The molecule has 2 heterocycles. The normalized spacial score (nSPS) is 15.8. The summed E-state index contributed by atoms with van der Waals surface area (Å²) in [4.78, 5) is 29.0. The fourth-order valence-corrected chi connectivity index (χ4v) is 3.14. The van der Waals surface area contributed by atoms with Crippen LogP contribution in [0, 0.1) is 0 Å². The van der Waals surface area contributed by atoms with Crippen molar-refractivity contribution < 1.29 is 14.7 Å². The molecule has 1 aromatic heterocycles. The number of hydrogen-bond acceptors (Lipinski definition) is 6. The maximum Gasteiger partial charge on any atom is 0.285 e. The van der Waals surface area contributed by atoms with Gasteiger partial charge in [0.15, 0.2) is 4.32 Å². The molecule has 6 nitrogen and oxygen atoms in total. The Morgan fingerprint density at radius 1 is 1.29 bits per heavy atom. The van der Waals surface area contributed by atoms with Gasteiger partial charge in [-0.05, 0) is 54.2 Å². The smallest absolute Gasteiger partial charge is 0.285 e. The number of aromatic nitrogens is 1. The first kappa shape index (κ1) is 16.2. The summed E-state index contributed by atoms with van der Waals surface area (Å²) in [6.07, 6.45) is 4.93. The van der Waals surface area contributed by atoms with Crippen LogP contribution >= 0.6 is 24.0 Å². The summed E-state index contributed by atoms with van der Waals surface area (Å²) < 4.78 is 0.238. The molecule has 0 atom stereocenters. The molecule has 0 spiro atoms. The van der Waals surface area contributed by atoms with Crippen LogP contribution in [-0.4, -0.2) is 31.2 Å². The molecular weight excluding hydrogens is 346 g/mol. The molecule has 2 N–H and O–H groups in total. The van der Waals surface area contributed by atoms with Gasteiger partial charge in [-0.3, -0.25) is 20.0 Å². The Labute approximate surface area is 147 Å². The summed E-state index contributed by atoms with van der Waals surface area (Å²) in [6.45, 7) is 0. The SMILES string of the molecule is O=C(NN1C(=O)C(=Cc2cccnc2)SC1=S)c1ccc(O)cc1. The van der Waals surface area contributed by atoms with Crippen LogP contribution < -0.4 is 5.43 Å². The van der Waals surface area contributed by atoms with Crippen LogP contribution in [0.25, 0.3) is 6.08 Å². The monoisotopic (exact) mass is 357 g/mol. The molecule has 1 fully saturated rings. The van der Waals surface area contributed by atoms with Crippen molar-refractivity contribution in [3.05, 3.63) is 64.8 Å². The van der Waals surface area contributed by atoms with Gasteiger partial charge in [0.2, 0.25) is 0 Å². The van der Waals surface area contributed by atoms with Crippen LogP contribution in [0.2, 0.25) is 0 Å². The average Bonchev–Trinajstić information content (AvgIpc) is 2.84. The lowest BCUT2D eigenvalue weighted by Gasteiger charge is -2.15. The van der Waals surface area contributed by atoms with Gasteiger partial charge in [-0.2, -0.15) is 5.01 Å². The van der Waals surface area contributed by atoms with E-state index in [9.17, 15) is 14.7 Å². The molecule has 0 saturated carbocycles. The number of pyridine rings is 1. The average molecular weight is 357 g/mol. The van der Waals surface area contributed by atoms with Gasteiger partial charge in [-0.1, -0.05) is 17.8 Å². The summed E-state index contributed by atoms with van der Waals surface area (Å²) in [7, 11) is 0. The number of thiocarbonyl (C=S) groups is 1. The molecule has 0 bridgehead atoms. The Balaban J connectivity index is 1.76. The second kappa shape index (κ2) is 6.81. The third-order valence-electron chi connectivity index (χ3n) is 3.12. The summed E-state index contributed by atoms with van der Waals surface area (Å²) in [5, 5.41) is 10.3. The molecule has 1 aromatic carbocycles. The largest absolute Gasteiger partial charge is 0.508 e. The van der Waals surface area contributed by atoms with E-state index in [2.05, 4.69) is 10.4 Å². The first-order chi connectivity index (χ1) is 11.5. The van der Waals surface area contributed by atoms with E-state index in [0.717, 1.165) is 22.3 Å². The fraction of sp³-hybridized carbons (Fsp3) is 0. The number of nitrogens with zero attached hydrogens (tertiary/aromatic N) is 2. The van der Waals surface area contributed by atoms with Crippen molar-refractivity contribution >= 4 is 46.2 Å². The number of phenols is 1. The number of aromatic hydroxyl groups is 1. The molecular formula is C16H11N3O3S2. The standard InChI is InChI=1S/C16H11N3O3S2/c20-12-5-3-11(4-6-12)14(21)18-19-15(22)13(24-16(19)23)8-10-2-1-7-17-9-10/h1-9,20H,(H,18,21). The van der Waals surface area contributed by atoms with Crippen molar-refractivity contribution in [1.82, 2.24) is 15.4 Å². The third kappa shape index (κ3) is 3.44. The van der Waals surface area contributed by atoms with Crippen LogP contribution in [0.4, 0.5) is 0 Å². The van der Waals surface area contributed by atoms with Gasteiger partial charge in [-0.25, -0.2) is 0 Å². The van der Waals surface area contributed by atoms with Gasteiger partial charge < -0.3 is 5.11 Å². The highest BCUT2D eigenvalue weighted by Crippen LogP contribution is 2.31. The molecule has 120 valence electrons. The van der Waals surface area contributed by atoms with Crippen LogP contribution in [0.15, 0.2) is 53.7 Å². The molecule has 24 heavy (non-hydrogen) atoms. The van der Waals surface area contributed by atoms with Crippen molar-refractivity contribution in [2.45, 2.75) is 0 Å². The van der Waals surface area contributed by atoms with Crippen LogP contribution in [0.1, 0.15) is 15.9 Å². The maximum atomic E-state index is 12.4. The number of thioether (sulfide) groups is 1. The van der Waals surface area contributed by atoms with Crippen molar-refractivity contribution in [2.75, 3.05) is 0 Å². The Hall–Kier alpha value is -2.71. The molecule has 1 aliphatic heterocycles. The zero-order valence-electron chi connectivity index (χ0n) is 12.2. The highest BCUT2D eigenvalue weighted by atomic mass is 32.2. The van der Waals surface area contributed by atoms with Crippen molar-refractivity contribution in [3.8, 4) is 5.75 Å². The maximum absolute atomic E-state index is 12.4. The summed E-state index contributed by atoms with van der Waals surface area (Å²) >= 11 is 6.26. The number of benzene rings is 1. The van der Waals surface area contributed by atoms with E-state index in [4.69, 9.17) is 12.2 Å². The number of carbonyl (C=O) groups excluding carboxylic acids is 2. The van der Waals surface area contributed by atoms with E-state index in [1.54, 1.807) is 24.5 Å². The fourth-order valence-electron chi connectivity index (χ4n) is 1.96. The van der Waals surface area contributed by atoms with Crippen LogP contribution in [-0.2, 0) is 4.79 Å². The Bertz CT molecular complexity index is 835. The lowest BCUT2D eigenvalue weighted by atomic mass is 10.2. The minimum atomic E-state index is -0.492. The van der Waals surface area contributed by atoms with Crippen LogP contribution in [0.3, 0.4) is 0 Å². The number of carbonyl (C=O) groups is 2. The zero-order chi connectivity index (χ0) is 17.1. The minimum absolute atomic E-state index is 0.0524. The van der Waals surface area contributed by atoms with E-state index in [1.807, 2.05) is 6.07 Å². The lowest BCUT2D eigenvalue weighted by molar-refractivity contribution is -0.123. The predicted molar refractivity (Wildman–Crippen MR) is 94.8 cm³/mol.